The molecule has 0 spiro atoms. The number of amidine groups is 1. The van der Waals surface area contributed by atoms with E-state index in [4.69, 9.17) is 5.73 Å². The number of allylic oxidation sites excluding steroid dienone is 2. The number of aromatic nitrogens is 4. The second kappa shape index (κ2) is 26.4. The lowest BCUT2D eigenvalue weighted by Gasteiger charge is -2.25. The maximum Gasteiger partial charge on any atom is 0.364 e. The predicted molar refractivity (Wildman–Crippen MR) is 259 cm³/mol. The number of nitro groups is 1. The zero-order valence-corrected chi connectivity index (χ0v) is 40.5. The lowest BCUT2D eigenvalue weighted by atomic mass is 9.98. The molecule has 8 N–H and O–H groups in total. The number of anilines is 1. The molecule has 2 aliphatic rings. The van der Waals surface area contributed by atoms with Gasteiger partial charge in [0.05, 0.1) is 24.1 Å². The molecule has 3 aromatic rings. The fourth-order valence-corrected chi connectivity index (χ4v) is 8.48. The summed E-state index contributed by atoms with van der Waals surface area (Å²) in [5, 5.41) is 35.6. The van der Waals surface area contributed by atoms with Crippen LogP contribution in [0.25, 0.3) is 0 Å². The maximum absolute atomic E-state index is 16.2. The van der Waals surface area contributed by atoms with Gasteiger partial charge in [0.25, 0.3) is 23.4 Å². The van der Waals surface area contributed by atoms with Crippen molar-refractivity contribution < 1.29 is 47.6 Å². The molecule has 0 unspecified atom stereocenters. The van der Waals surface area contributed by atoms with Crippen LogP contribution in [0.5, 0.6) is 0 Å². The van der Waals surface area contributed by atoms with Gasteiger partial charge in [-0.2, -0.15) is 4.68 Å². The van der Waals surface area contributed by atoms with Crippen LogP contribution in [0.2, 0.25) is 0 Å². The van der Waals surface area contributed by atoms with Crippen molar-refractivity contribution in [2.45, 2.75) is 107 Å². The number of imide groups is 1. The van der Waals surface area contributed by atoms with Crippen LogP contribution in [-0.2, 0) is 37.6 Å². The number of carbonyl (C=O) groups excluding carboxylic acids is 7. The molecule has 1 aromatic heterocycles. The molecule has 24 heteroatoms. The molecule has 71 heavy (non-hydrogen) atoms. The van der Waals surface area contributed by atoms with E-state index in [-0.39, 0.29) is 78.7 Å². The number of tetrazole rings is 1. The van der Waals surface area contributed by atoms with Crippen molar-refractivity contribution in [3.05, 3.63) is 99.9 Å². The van der Waals surface area contributed by atoms with Crippen molar-refractivity contribution in [2.75, 3.05) is 18.4 Å². The molecule has 2 heterocycles. The van der Waals surface area contributed by atoms with Gasteiger partial charge in [0.15, 0.2) is 16.9 Å². The Morgan fingerprint density at radius 1 is 1.03 bits per heavy atom. The number of benzene rings is 2. The number of unbranched alkanes of at least 4 members (excludes halogenated alkanes) is 2. The number of halogens is 1. The van der Waals surface area contributed by atoms with Gasteiger partial charge in [0.2, 0.25) is 17.7 Å². The number of urea groups is 1. The molecular formula is C47H59FN13O9S+. The summed E-state index contributed by atoms with van der Waals surface area (Å²) in [6, 6.07) is 7.17. The number of primary amides is 1. The van der Waals surface area contributed by atoms with Crippen molar-refractivity contribution in [3.63, 3.8) is 0 Å². The van der Waals surface area contributed by atoms with Crippen LogP contribution in [0.4, 0.5) is 20.6 Å². The highest BCUT2D eigenvalue weighted by Gasteiger charge is 2.30. The number of aliphatic imine (C=N–C) groups is 1. The molecule has 2 aromatic carbocycles. The molecule has 1 saturated carbocycles. The number of nitrogens with one attached hydrogen (secondary N) is 6. The van der Waals surface area contributed by atoms with Crippen LogP contribution in [0.15, 0.2) is 93.7 Å². The lowest BCUT2D eigenvalue weighted by Crippen LogP contribution is -2.54. The summed E-state index contributed by atoms with van der Waals surface area (Å²) >= 11 is 1.01. The fourth-order valence-electron chi connectivity index (χ4n) is 7.63. The molecule has 22 nitrogen and oxygen atoms in total. The Bertz CT molecular complexity index is 2560. The van der Waals surface area contributed by atoms with Gasteiger partial charge in [0.1, 0.15) is 17.2 Å². The lowest BCUT2D eigenvalue weighted by molar-refractivity contribution is -0.765. The monoisotopic (exact) mass is 1000 g/mol. The third-order valence-electron chi connectivity index (χ3n) is 11.6. The Morgan fingerprint density at radius 2 is 1.73 bits per heavy atom. The number of non-ortho nitro benzene ring substituents is 1. The van der Waals surface area contributed by atoms with Crippen molar-refractivity contribution in [1.29, 1.82) is 0 Å². The summed E-state index contributed by atoms with van der Waals surface area (Å²) < 4.78 is 17.7. The van der Waals surface area contributed by atoms with Crippen LogP contribution < -0.4 is 37.0 Å². The Balaban J connectivity index is 1.27. The molecule has 8 amide bonds. The molecule has 378 valence electrons. The summed E-state index contributed by atoms with van der Waals surface area (Å²) in [5.74, 6) is -4.85. The van der Waals surface area contributed by atoms with Gasteiger partial charge in [-0.15, -0.1) is 0 Å². The number of amides is 8. The summed E-state index contributed by atoms with van der Waals surface area (Å²) in [6.45, 7) is 7.74. The third-order valence-corrected chi connectivity index (χ3v) is 12.7. The second-order valence-electron chi connectivity index (χ2n) is 17.3. The van der Waals surface area contributed by atoms with Crippen molar-refractivity contribution in [3.8, 4) is 0 Å². The predicted octanol–water partition coefficient (Wildman–Crippen LogP) is 4.11. The van der Waals surface area contributed by atoms with Gasteiger partial charge in [0, 0.05) is 54.4 Å². The number of hydrogen-bond donors (Lipinski definition) is 7. The van der Waals surface area contributed by atoms with E-state index in [1.54, 1.807) is 45.2 Å². The highest BCUT2D eigenvalue weighted by molar-refractivity contribution is 7.99. The second-order valence-corrected chi connectivity index (χ2v) is 18.3. The van der Waals surface area contributed by atoms with E-state index in [2.05, 4.69) is 53.7 Å². The molecular weight excluding hydrogens is 942 g/mol. The number of nitrogens with zero attached hydrogens (tertiary/aromatic N) is 6. The Kier molecular flexibility index (Phi) is 20.2. The number of rotatable bonds is 25. The zero-order chi connectivity index (χ0) is 51.6. The normalized spacial score (nSPS) is 14.9. The van der Waals surface area contributed by atoms with Crippen LogP contribution in [-0.4, -0.2) is 97.8 Å². The Morgan fingerprint density at radius 3 is 2.37 bits per heavy atom. The molecule has 1 aliphatic carbocycles. The highest BCUT2D eigenvalue weighted by Crippen LogP contribution is 2.32. The van der Waals surface area contributed by atoms with Crippen molar-refractivity contribution >= 4 is 70.4 Å². The molecule has 2 atom stereocenters. The largest absolute Gasteiger partial charge is 0.364 e. The minimum absolute atomic E-state index is 0.0564. The first-order chi connectivity index (χ1) is 33.9. The average Bonchev–Trinajstić information content (AvgIpc) is 4.10. The molecule has 0 radical (unpaired) electrons. The quantitative estimate of drug-likeness (QED) is 0.00922. The summed E-state index contributed by atoms with van der Waals surface area (Å²) in [5.41, 5.74) is 6.09. The summed E-state index contributed by atoms with van der Waals surface area (Å²) in [6.07, 6.45) is 9.21. The van der Waals surface area contributed by atoms with Crippen LogP contribution >= 0.6 is 11.8 Å². The highest BCUT2D eigenvalue weighted by atomic mass is 32.2. The third kappa shape index (κ3) is 16.5. The number of carbonyl (C=O) groups is 7. The average molecular weight is 1000 g/mol. The van der Waals surface area contributed by atoms with Gasteiger partial charge in [-0.3, -0.25) is 48.8 Å². The van der Waals surface area contributed by atoms with Crippen LogP contribution in [0, 0.1) is 22.0 Å². The van der Waals surface area contributed by atoms with Crippen LogP contribution in [0.3, 0.4) is 0 Å². The molecule has 5 rings (SSSR count). The number of nitro benzene ring substituents is 1. The minimum Gasteiger partial charge on any atom is -0.352 e. The molecule has 0 saturated heterocycles. The van der Waals surface area contributed by atoms with E-state index in [9.17, 15) is 43.7 Å². The number of aryl methyl sites for hydroxylation is 1. The fraction of sp³-hybridized carbons (Fsp3) is 0.426. The van der Waals surface area contributed by atoms with E-state index in [1.807, 2.05) is 0 Å². The summed E-state index contributed by atoms with van der Waals surface area (Å²) in [4.78, 5) is 106. The van der Waals surface area contributed by atoms with E-state index in [0.717, 1.165) is 48.4 Å². The van der Waals surface area contributed by atoms with Gasteiger partial charge < -0.3 is 32.3 Å². The molecule has 0 bridgehead atoms. The van der Waals surface area contributed by atoms with Crippen LogP contribution in [0.1, 0.15) is 94.0 Å². The van der Waals surface area contributed by atoms with Gasteiger partial charge in [-0.25, -0.2) is 9.18 Å². The first-order valence-corrected chi connectivity index (χ1v) is 23.9. The maximum atomic E-state index is 16.2. The SMILES string of the molecule is C=C(/C=C(/F)C(=NCc1ccc(NC(=O)[C@H](CCCNC(N)=O)NC(=O)[C@@H](NC(=O)CCCCCN2C(=O)C=CC2=O)C(C)C)cc1)NC(=O)c1cc([N+](=O)[O-])ccc1Sc1nn[nH][n+]1C)C1CCCC1. The topological polar surface area (TPSA) is 310 Å². The number of aromatic amines is 1. The molecule has 1 aliphatic heterocycles. The number of nitrogens with two attached hydrogens (primary N) is 1. The minimum atomic E-state index is -1.12. The number of hydrogen-bond acceptors (Lipinski definition) is 13. The summed E-state index contributed by atoms with van der Waals surface area (Å²) in [7, 11) is 1.63. The molecule has 1 fully saturated rings. The van der Waals surface area contributed by atoms with E-state index >= 15 is 4.39 Å². The van der Waals surface area contributed by atoms with Crippen molar-refractivity contribution in [1.82, 2.24) is 41.7 Å². The standard InChI is InChI=1S/C47H58FN13O9S/c1-28(2)41(54-38(62)14-6-5-9-24-60-39(63)21-22-40(60)64)45(67)53-36(13-10-23-50-46(49)68)44(66)52-32-17-15-30(16-18-32)27-51-42(35(48)25-29(3)31-11-7-8-12-31)55-43(65)34-26-33(61(69)70)19-20-37(34)71-47-56-57-58-59(47)4/h15-22,25-26,28,31,36,41H,3,5-14,23-24,27H2,1-2,4H3,(H7,49,50,51,52,53,54,55,62,65,66,67,68)/p+1/b35-25+/t36-,41-/m0/s1. The van der Waals surface area contributed by atoms with Crippen molar-refractivity contribution in [2.24, 2.45) is 29.6 Å². The van der Waals surface area contributed by atoms with E-state index < -0.39 is 58.3 Å². The Labute approximate surface area is 413 Å². The van der Waals surface area contributed by atoms with Gasteiger partial charge >= 0.3 is 11.2 Å². The van der Waals surface area contributed by atoms with E-state index in [0.29, 0.717) is 41.2 Å². The zero-order valence-electron chi connectivity index (χ0n) is 39.7. The van der Waals surface area contributed by atoms with Gasteiger partial charge in [-0.05, 0) is 97.5 Å². The number of H-pyrrole nitrogens is 1. The van der Waals surface area contributed by atoms with Gasteiger partial charge in [-0.1, -0.05) is 57.0 Å². The first kappa shape index (κ1) is 54.3. The van der Waals surface area contributed by atoms with E-state index in [1.165, 1.54) is 35.0 Å². The first-order valence-electron chi connectivity index (χ1n) is 23.1. The smallest absolute Gasteiger partial charge is 0.352 e. The Hall–Kier alpha value is -7.63.